The first-order valence-corrected chi connectivity index (χ1v) is 5.80. The molecule has 0 aromatic rings. The maximum absolute atomic E-state index is 11.8. The van der Waals surface area contributed by atoms with Crippen LogP contribution >= 0.6 is 0 Å². The molecule has 5 nitrogen and oxygen atoms in total. The maximum Gasteiger partial charge on any atom is 0.303 e. The molecule has 0 saturated carbocycles. The molecule has 0 aromatic carbocycles. The summed E-state index contributed by atoms with van der Waals surface area (Å²) in [4.78, 5) is 22.1. The Kier molecular flexibility index (Phi) is 4.73. The Balaban J connectivity index is 2.25. The summed E-state index contributed by atoms with van der Waals surface area (Å²) in [6, 6.07) is 0. The lowest BCUT2D eigenvalue weighted by atomic mass is 9.90. The van der Waals surface area contributed by atoms with Gasteiger partial charge in [-0.3, -0.25) is 9.59 Å². The van der Waals surface area contributed by atoms with E-state index >= 15 is 0 Å². The van der Waals surface area contributed by atoms with Gasteiger partial charge < -0.3 is 15.7 Å². The molecule has 1 unspecified atom stereocenters. The first-order chi connectivity index (χ1) is 7.54. The number of nitrogens with one attached hydrogen (secondary N) is 2. The van der Waals surface area contributed by atoms with Crippen LogP contribution in [0.5, 0.6) is 0 Å². The van der Waals surface area contributed by atoms with E-state index in [1.54, 1.807) is 0 Å². The second-order valence-corrected chi connectivity index (χ2v) is 4.47. The van der Waals surface area contributed by atoms with Crippen LogP contribution in [0.3, 0.4) is 0 Å². The molecule has 1 saturated heterocycles. The number of rotatable bonds is 5. The van der Waals surface area contributed by atoms with Gasteiger partial charge in [0.15, 0.2) is 0 Å². The number of carboxylic acid groups (broad SMARTS) is 1. The fourth-order valence-corrected chi connectivity index (χ4v) is 1.89. The summed E-state index contributed by atoms with van der Waals surface area (Å²) in [7, 11) is 0. The molecule has 16 heavy (non-hydrogen) atoms. The van der Waals surface area contributed by atoms with Crippen LogP contribution in [0, 0.1) is 0 Å². The standard InChI is InChI=1S/C11H20N2O3/c1-11(6-2-3-8-13-11)10(16)12-7-4-5-9(14)15/h13H,2-8H2,1H3,(H,12,16)(H,14,15). The van der Waals surface area contributed by atoms with Gasteiger partial charge in [0.25, 0.3) is 0 Å². The molecule has 1 amide bonds. The summed E-state index contributed by atoms with van der Waals surface area (Å²) in [6.07, 6.45) is 3.60. The zero-order valence-electron chi connectivity index (χ0n) is 9.71. The van der Waals surface area contributed by atoms with Crippen molar-refractivity contribution in [2.45, 2.75) is 44.6 Å². The summed E-state index contributed by atoms with van der Waals surface area (Å²) in [5.74, 6) is -0.839. The topological polar surface area (TPSA) is 78.4 Å². The number of piperidine rings is 1. The molecular weight excluding hydrogens is 208 g/mol. The second kappa shape index (κ2) is 5.84. The summed E-state index contributed by atoms with van der Waals surface area (Å²) >= 11 is 0. The summed E-state index contributed by atoms with van der Waals surface area (Å²) < 4.78 is 0. The zero-order chi connectivity index (χ0) is 12.0. The third-order valence-electron chi connectivity index (χ3n) is 2.97. The van der Waals surface area contributed by atoms with Gasteiger partial charge in [-0.15, -0.1) is 0 Å². The molecule has 92 valence electrons. The minimum Gasteiger partial charge on any atom is -0.481 e. The van der Waals surface area contributed by atoms with Crippen LogP contribution in [0.25, 0.3) is 0 Å². The van der Waals surface area contributed by atoms with Crippen molar-refractivity contribution in [1.82, 2.24) is 10.6 Å². The maximum atomic E-state index is 11.8. The van der Waals surface area contributed by atoms with Gasteiger partial charge in [-0.1, -0.05) is 0 Å². The molecule has 1 aliphatic heterocycles. The van der Waals surface area contributed by atoms with E-state index in [1.165, 1.54) is 0 Å². The van der Waals surface area contributed by atoms with E-state index in [0.717, 1.165) is 25.8 Å². The van der Waals surface area contributed by atoms with Gasteiger partial charge >= 0.3 is 5.97 Å². The molecule has 1 fully saturated rings. The van der Waals surface area contributed by atoms with Gasteiger partial charge in [0.1, 0.15) is 0 Å². The lowest BCUT2D eigenvalue weighted by molar-refractivity contribution is -0.137. The van der Waals surface area contributed by atoms with Gasteiger partial charge in [0, 0.05) is 13.0 Å². The van der Waals surface area contributed by atoms with Gasteiger partial charge in [-0.25, -0.2) is 0 Å². The molecule has 0 bridgehead atoms. The van der Waals surface area contributed by atoms with Crippen molar-refractivity contribution in [3.8, 4) is 0 Å². The highest BCUT2D eigenvalue weighted by molar-refractivity contribution is 5.85. The highest BCUT2D eigenvalue weighted by Gasteiger charge is 2.33. The van der Waals surface area contributed by atoms with E-state index in [2.05, 4.69) is 10.6 Å². The molecule has 3 N–H and O–H groups in total. The summed E-state index contributed by atoms with van der Waals surface area (Å²) in [6.45, 7) is 3.21. The highest BCUT2D eigenvalue weighted by Crippen LogP contribution is 2.18. The van der Waals surface area contributed by atoms with E-state index in [1.807, 2.05) is 6.92 Å². The first kappa shape index (κ1) is 13.0. The van der Waals surface area contributed by atoms with Crippen LogP contribution in [0.1, 0.15) is 39.0 Å². The van der Waals surface area contributed by atoms with E-state index in [9.17, 15) is 9.59 Å². The summed E-state index contributed by atoms with van der Waals surface area (Å²) in [5.41, 5.74) is -0.471. The lowest BCUT2D eigenvalue weighted by Crippen LogP contribution is -2.57. The molecule has 0 aromatic heterocycles. The van der Waals surface area contributed by atoms with E-state index in [4.69, 9.17) is 5.11 Å². The Morgan fingerprint density at radius 1 is 1.44 bits per heavy atom. The van der Waals surface area contributed by atoms with Gasteiger partial charge in [0.05, 0.1) is 5.54 Å². The average molecular weight is 228 g/mol. The van der Waals surface area contributed by atoms with Crippen molar-refractivity contribution in [1.29, 1.82) is 0 Å². The number of hydrogen-bond acceptors (Lipinski definition) is 3. The van der Waals surface area contributed by atoms with Gasteiger partial charge in [-0.2, -0.15) is 0 Å². The smallest absolute Gasteiger partial charge is 0.303 e. The van der Waals surface area contributed by atoms with Crippen molar-refractivity contribution in [3.63, 3.8) is 0 Å². The minimum atomic E-state index is -0.823. The monoisotopic (exact) mass is 228 g/mol. The predicted molar refractivity (Wildman–Crippen MR) is 60.1 cm³/mol. The van der Waals surface area contributed by atoms with Crippen LogP contribution in [0.2, 0.25) is 0 Å². The van der Waals surface area contributed by atoms with Crippen LogP contribution < -0.4 is 10.6 Å². The number of carbonyl (C=O) groups is 2. The summed E-state index contributed by atoms with van der Waals surface area (Å²) in [5, 5.41) is 14.5. The quantitative estimate of drug-likeness (QED) is 0.599. The zero-order valence-corrected chi connectivity index (χ0v) is 9.71. The molecule has 5 heteroatoms. The van der Waals surface area contributed by atoms with Gasteiger partial charge in [-0.05, 0) is 39.2 Å². The van der Waals surface area contributed by atoms with Crippen LogP contribution in [-0.2, 0) is 9.59 Å². The number of aliphatic carboxylic acids is 1. The van der Waals surface area contributed by atoms with Crippen molar-refractivity contribution in [3.05, 3.63) is 0 Å². The Hall–Kier alpha value is -1.10. The molecule has 0 spiro atoms. The molecule has 1 heterocycles. The van der Waals surface area contributed by atoms with Gasteiger partial charge in [0.2, 0.25) is 5.91 Å². The number of carboxylic acids is 1. The Labute approximate surface area is 95.6 Å². The number of carbonyl (C=O) groups excluding carboxylic acids is 1. The van der Waals surface area contributed by atoms with Crippen molar-refractivity contribution in [2.24, 2.45) is 0 Å². The van der Waals surface area contributed by atoms with Crippen LogP contribution in [0.4, 0.5) is 0 Å². The normalized spacial score (nSPS) is 25.1. The number of amides is 1. The molecule has 1 atom stereocenters. The predicted octanol–water partition coefficient (Wildman–Crippen LogP) is 0.500. The van der Waals surface area contributed by atoms with Crippen molar-refractivity contribution in [2.75, 3.05) is 13.1 Å². The fraction of sp³-hybridized carbons (Fsp3) is 0.818. The van der Waals surface area contributed by atoms with E-state index in [-0.39, 0.29) is 12.3 Å². The third-order valence-corrected chi connectivity index (χ3v) is 2.97. The second-order valence-electron chi connectivity index (χ2n) is 4.47. The SMILES string of the molecule is CC1(C(=O)NCCCC(=O)O)CCCCN1. The fourth-order valence-electron chi connectivity index (χ4n) is 1.89. The highest BCUT2D eigenvalue weighted by atomic mass is 16.4. The van der Waals surface area contributed by atoms with E-state index < -0.39 is 11.5 Å². The molecular formula is C11H20N2O3. The number of hydrogen-bond donors (Lipinski definition) is 3. The molecule has 1 rings (SSSR count). The van der Waals surface area contributed by atoms with E-state index in [0.29, 0.717) is 13.0 Å². The van der Waals surface area contributed by atoms with Crippen molar-refractivity contribution < 1.29 is 14.7 Å². The Bertz CT molecular complexity index is 260. The molecule has 0 radical (unpaired) electrons. The van der Waals surface area contributed by atoms with Crippen molar-refractivity contribution >= 4 is 11.9 Å². The minimum absolute atomic E-state index is 0.0161. The lowest BCUT2D eigenvalue weighted by Gasteiger charge is -2.33. The third kappa shape index (κ3) is 3.81. The first-order valence-electron chi connectivity index (χ1n) is 5.80. The van der Waals surface area contributed by atoms with Crippen LogP contribution in [-0.4, -0.2) is 35.6 Å². The Morgan fingerprint density at radius 3 is 2.75 bits per heavy atom. The largest absolute Gasteiger partial charge is 0.481 e. The molecule has 1 aliphatic rings. The Morgan fingerprint density at radius 2 is 2.19 bits per heavy atom. The van der Waals surface area contributed by atoms with Crippen LogP contribution in [0.15, 0.2) is 0 Å². The average Bonchev–Trinajstić information content (AvgIpc) is 2.25. The molecule has 0 aliphatic carbocycles.